The number of rotatable bonds is 5. The molecular weight excluding hydrogens is 318 g/mol. The molecule has 2 aromatic carbocycles. The van der Waals surface area contributed by atoms with Crippen molar-refractivity contribution in [1.29, 1.82) is 0 Å². The van der Waals surface area contributed by atoms with Crippen molar-refractivity contribution in [1.82, 2.24) is 0 Å². The zero-order valence-electron chi connectivity index (χ0n) is 14.2. The SMILES string of the molecule is CCOc1ccccc1NC(=O)[C@H]1C[C@H]1c1ccc2c(c1)OCCO2. The van der Waals surface area contributed by atoms with Gasteiger partial charge in [-0.25, -0.2) is 0 Å². The molecule has 1 amide bonds. The molecule has 1 heterocycles. The van der Waals surface area contributed by atoms with E-state index in [0.29, 0.717) is 25.6 Å². The molecule has 2 aliphatic rings. The van der Waals surface area contributed by atoms with E-state index < -0.39 is 0 Å². The minimum absolute atomic E-state index is 0.0164. The summed E-state index contributed by atoms with van der Waals surface area (Å²) in [6, 6.07) is 13.5. The number of fused-ring (bicyclic) bond motifs is 1. The molecule has 1 fully saturated rings. The number of carbonyl (C=O) groups is 1. The van der Waals surface area contributed by atoms with E-state index in [1.807, 2.05) is 49.4 Å². The van der Waals surface area contributed by atoms with Crippen LogP contribution in [0, 0.1) is 5.92 Å². The standard InChI is InChI=1S/C20H21NO4/c1-2-23-17-6-4-3-5-16(17)21-20(22)15-12-14(15)13-7-8-18-19(11-13)25-10-9-24-18/h3-8,11,14-15H,2,9-10,12H2,1H3,(H,21,22)/t14-,15-/m0/s1. The van der Waals surface area contributed by atoms with Crippen LogP contribution in [0.25, 0.3) is 0 Å². The van der Waals surface area contributed by atoms with Crippen molar-refractivity contribution in [2.75, 3.05) is 25.1 Å². The third-order valence-electron chi connectivity index (χ3n) is 4.57. The summed E-state index contributed by atoms with van der Waals surface area (Å²) in [5.41, 5.74) is 1.85. The number of anilines is 1. The van der Waals surface area contributed by atoms with E-state index in [1.165, 1.54) is 0 Å². The second-order valence-electron chi connectivity index (χ2n) is 6.27. The van der Waals surface area contributed by atoms with E-state index in [-0.39, 0.29) is 17.7 Å². The average Bonchev–Trinajstić information content (AvgIpc) is 3.44. The second kappa shape index (κ2) is 6.67. The highest BCUT2D eigenvalue weighted by molar-refractivity contribution is 5.96. The molecule has 1 saturated carbocycles. The molecule has 0 saturated heterocycles. The van der Waals surface area contributed by atoms with Crippen LogP contribution in [0.2, 0.25) is 0 Å². The zero-order chi connectivity index (χ0) is 17.2. The molecule has 1 N–H and O–H groups in total. The van der Waals surface area contributed by atoms with Gasteiger partial charge in [-0.3, -0.25) is 4.79 Å². The fraction of sp³-hybridized carbons (Fsp3) is 0.350. The van der Waals surface area contributed by atoms with Gasteiger partial charge in [0.15, 0.2) is 11.5 Å². The van der Waals surface area contributed by atoms with Gasteiger partial charge in [-0.2, -0.15) is 0 Å². The number of nitrogens with one attached hydrogen (secondary N) is 1. The van der Waals surface area contributed by atoms with Gasteiger partial charge in [0.1, 0.15) is 19.0 Å². The molecule has 0 aromatic heterocycles. The Bertz CT molecular complexity index is 789. The first-order valence-corrected chi connectivity index (χ1v) is 8.68. The lowest BCUT2D eigenvalue weighted by atomic mass is 10.1. The van der Waals surface area contributed by atoms with Crippen LogP contribution >= 0.6 is 0 Å². The number of ether oxygens (including phenoxy) is 3. The monoisotopic (exact) mass is 339 g/mol. The maximum atomic E-state index is 12.6. The molecule has 1 aliphatic carbocycles. The van der Waals surface area contributed by atoms with Crippen molar-refractivity contribution in [3.63, 3.8) is 0 Å². The zero-order valence-corrected chi connectivity index (χ0v) is 14.2. The molecule has 0 radical (unpaired) electrons. The van der Waals surface area contributed by atoms with Crippen molar-refractivity contribution >= 4 is 11.6 Å². The molecule has 5 heteroatoms. The van der Waals surface area contributed by atoms with E-state index in [2.05, 4.69) is 5.32 Å². The van der Waals surface area contributed by atoms with Crippen molar-refractivity contribution < 1.29 is 19.0 Å². The molecule has 0 bridgehead atoms. The lowest BCUT2D eigenvalue weighted by molar-refractivity contribution is -0.117. The Balaban J connectivity index is 1.44. The van der Waals surface area contributed by atoms with E-state index in [0.717, 1.165) is 29.2 Å². The van der Waals surface area contributed by atoms with E-state index in [1.54, 1.807) is 0 Å². The maximum absolute atomic E-state index is 12.6. The summed E-state index contributed by atoms with van der Waals surface area (Å²) in [7, 11) is 0. The molecule has 0 unspecified atom stereocenters. The van der Waals surface area contributed by atoms with Crippen LogP contribution in [-0.4, -0.2) is 25.7 Å². The van der Waals surface area contributed by atoms with Crippen LogP contribution in [0.3, 0.4) is 0 Å². The molecule has 130 valence electrons. The minimum atomic E-state index is -0.0164. The van der Waals surface area contributed by atoms with Crippen molar-refractivity contribution in [3.05, 3.63) is 48.0 Å². The molecule has 25 heavy (non-hydrogen) atoms. The van der Waals surface area contributed by atoms with Gasteiger partial charge in [-0.1, -0.05) is 18.2 Å². The first-order valence-electron chi connectivity index (χ1n) is 8.68. The quantitative estimate of drug-likeness (QED) is 0.904. The Kier molecular flexibility index (Phi) is 4.22. The number of benzene rings is 2. The number of carbonyl (C=O) groups excluding carboxylic acids is 1. The Morgan fingerprint density at radius 2 is 1.96 bits per heavy atom. The summed E-state index contributed by atoms with van der Waals surface area (Å²) in [6.45, 7) is 3.65. The summed E-state index contributed by atoms with van der Waals surface area (Å²) in [4.78, 5) is 12.6. The lowest BCUT2D eigenvalue weighted by Crippen LogP contribution is -2.16. The third kappa shape index (κ3) is 3.27. The summed E-state index contributed by atoms with van der Waals surface area (Å²) < 4.78 is 16.8. The third-order valence-corrected chi connectivity index (χ3v) is 4.57. The molecule has 0 spiro atoms. The van der Waals surface area contributed by atoms with Crippen molar-refractivity contribution in [2.24, 2.45) is 5.92 Å². The molecule has 1 aliphatic heterocycles. The highest BCUT2D eigenvalue weighted by atomic mass is 16.6. The normalized spacial score (nSPS) is 20.7. The highest BCUT2D eigenvalue weighted by Gasteiger charge is 2.44. The highest BCUT2D eigenvalue weighted by Crippen LogP contribution is 2.50. The molecule has 2 aromatic rings. The van der Waals surface area contributed by atoms with Gasteiger partial charge in [-0.05, 0) is 49.1 Å². The van der Waals surface area contributed by atoms with Crippen LogP contribution in [-0.2, 0) is 4.79 Å². The first kappa shape index (κ1) is 15.8. The number of hydrogen-bond donors (Lipinski definition) is 1. The predicted molar refractivity (Wildman–Crippen MR) is 94.5 cm³/mol. The Morgan fingerprint density at radius 3 is 2.80 bits per heavy atom. The fourth-order valence-electron chi connectivity index (χ4n) is 3.22. The van der Waals surface area contributed by atoms with Crippen LogP contribution < -0.4 is 19.5 Å². The van der Waals surface area contributed by atoms with Gasteiger partial charge >= 0.3 is 0 Å². The summed E-state index contributed by atoms with van der Waals surface area (Å²) >= 11 is 0. The van der Waals surface area contributed by atoms with Gasteiger partial charge in [0.2, 0.25) is 5.91 Å². The van der Waals surface area contributed by atoms with E-state index >= 15 is 0 Å². The Hall–Kier alpha value is -2.69. The van der Waals surface area contributed by atoms with Crippen molar-refractivity contribution in [2.45, 2.75) is 19.3 Å². The van der Waals surface area contributed by atoms with Gasteiger partial charge in [-0.15, -0.1) is 0 Å². The predicted octanol–water partition coefficient (Wildman–Crippen LogP) is 3.60. The van der Waals surface area contributed by atoms with Crippen LogP contribution in [0.1, 0.15) is 24.8 Å². The maximum Gasteiger partial charge on any atom is 0.228 e. The van der Waals surface area contributed by atoms with Gasteiger partial charge < -0.3 is 19.5 Å². The first-order chi connectivity index (χ1) is 12.3. The largest absolute Gasteiger partial charge is 0.492 e. The number of para-hydroxylation sites is 2. The Morgan fingerprint density at radius 1 is 1.16 bits per heavy atom. The number of hydrogen-bond acceptors (Lipinski definition) is 4. The number of amides is 1. The van der Waals surface area contributed by atoms with Crippen LogP contribution in [0.5, 0.6) is 17.2 Å². The molecule has 5 nitrogen and oxygen atoms in total. The topological polar surface area (TPSA) is 56.8 Å². The average molecular weight is 339 g/mol. The Labute approximate surface area is 146 Å². The van der Waals surface area contributed by atoms with Crippen LogP contribution in [0.4, 0.5) is 5.69 Å². The second-order valence-corrected chi connectivity index (χ2v) is 6.27. The van der Waals surface area contributed by atoms with Crippen molar-refractivity contribution in [3.8, 4) is 17.2 Å². The summed E-state index contributed by atoms with van der Waals surface area (Å²) in [5, 5.41) is 3.00. The van der Waals surface area contributed by atoms with E-state index in [4.69, 9.17) is 14.2 Å². The fourth-order valence-corrected chi connectivity index (χ4v) is 3.22. The van der Waals surface area contributed by atoms with Gasteiger partial charge in [0, 0.05) is 5.92 Å². The minimum Gasteiger partial charge on any atom is -0.492 e. The molecule has 2 atom stereocenters. The van der Waals surface area contributed by atoms with Gasteiger partial charge in [0.25, 0.3) is 0 Å². The molecular formula is C20H21NO4. The lowest BCUT2D eigenvalue weighted by Gasteiger charge is -2.18. The summed E-state index contributed by atoms with van der Waals surface area (Å²) in [6.07, 6.45) is 0.849. The van der Waals surface area contributed by atoms with E-state index in [9.17, 15) is 4.79 Å². The summed E-state index contributed by atoms with van der Waals surface area (Å²) in [5.74, 6) is 2.51. The smallest absolute Gasteiger partial charge is 0.228 e. The molecule has 4 rings (SSSR count). The van der Waals surface area contributed by atoms with Gasteiger partial charge in [0.05, 0.1) is 12.3 Å². The van der Waals surface area contributed by atoms with Crippen LogP contribution in [0.15, 0.2) is 42.5 Å².